The van der Waals surface area contributed by atoms with Crippen LogP contribution in [0.15, 0.2) is 24.3 Å². The average molecular weight is 329 g/mol. The van der Waals surface area contributed by atoms with E-state index in [0.717, 1.165) is 16.6 Å². The minimum absolute atomic E-state index is 0.137. The van der Waals surface area contributed by atoms with Gasteiger partial charge in [-0.3, -0.25) is 0 Å². The fraction of sp³-hybridized carbons (Fsp3) is 0.300. The molecule has 0 N–H and O–H groups in total. The summed E-state index contributed by atoms with van der Waals surface area (Å²) < 4.78 is 37.6. The molecular formula is C10H9F3IO-. The second kappa shape index (κ2) is 4.96. The summed E-state index contributed by atoms with van der Waals surface area (Å²) in [6, 6.07) is 4.61. The van der Waals surface area contributed by atoms with E-state index in [-0.39, 0.29) is 9.35 Å². The summed E-state index contributed by atoms with van der Waals surface area (Å²) in [4.78, 5) is 11.4. The first-order chi connectivity index (χ1) is 6.95. The Balaban J connectivity index is 2.98. The quantitative estimate of drug-likeness (QED) is 0.432. The van der Waals surface area contributed by atoms with Crippen molar-refractivity contribution in [2.75, 3.05) is 4.43 Å². The van der Waals surface area contributed by atoms with Crippen molar-refractivity contribution in [1.29, 1.82) is 0 Å². The Kier molecular flexibility index (Phi) is 4.12. The molecule has 0 amide bonds. The van der Waals surface area contributed by atoms with Crippen LogP contribution < -0.4 is 21.2 Å². The zero-order chi connectivity index (χ0) is 11.5. The topological polar surface area (TPSA) is 17.1 Å². The normalized spacial score (nSPS) is 11.7. The zero-order valence-electron chi connectivity index (χ0n) is 7.94. The van der Waals surface area contributed by atoms with Gasteiger partial charge in [-0.1, -0.05) is 0 Å². The molecule has 15 heavy (non-hydrogen) atoms. The minimum atomic E-state index is -4.37. The summed E-state index contributed by atoms with van der Waals surface area (Å²) in [7, 11) is 0. The number of carbonyl (C=O) groups excluding carboxylic acids is 1. The van der Waals surface area contributed by atoms with Gasteiger partial charge in [0.15, 0.2) is 0 Å². The van der Waals surface area contributed by atoms with E-state index in [0.29, 0.717) is 0 Å². The van der Waals surface area contributed by atoms with E-state index < -0.39 is 32.9 Å². The van der Waals surface area contributed by atoms with Crippen LogP contribution in [-0.4, -0.2) is 8.22 Å². The predicted molar refractivity (Wildman–Crippen MR) is 46.3 cm³/mol. The maximum atomic E-state index is 12.3. The van der Waals surface area contributed by atoms with Gasteiger partial charge in [-0.05, 0) is 0 Å². The third kappa shape index (κ3) is 3.48. The molecule has 0 saturated heterocycles. The second-order valence-corrected chi connectivity index (χ2v) is 6.02. The fourth-order valence-corrected chi connectivity index (χ4v) is 2.49. The Labute approximate surface area is 95.9 Å². The molecule has 1 rings (SSSR count). The number of carbonyl (C=O) groups is 1. The van der Waals surface area contributed by atoms with E-state index in [4.69, 9.17) is 0 Å². The van der Waals surface area contributed by atoms with Crippen LogP contribution in [0.4, 0.5) is 13.2 Å². The SMILES string of the molecule is CC[I-]C(=O)c1cccc(C(F)(F)F)c1. The van der Waals surface area contributed by atoms with Crippen molar-refractivity contribution in [3.8, 4) is 0 Å². The van der Waals surface area contributed by atoms with Crippen LogP contribution in [-0.2, 0) is 6.18 Å². The first-order valence-electron chi connectivity index (χ1n) is 4.26. The number of alkyl halides is 4. The van der Waals surface area contributed by atoms with Gasteiger partial charge in [0.05, 0.1) is 0 Å². The van der Waals surface area contributed by atoms with Crippen molar-refractivity contribution < 1.29 is 39.2 Å². The molecule has 0 aromatic heterocycles. The van der Waals surface area contributed by atoms with Crippen LogP contribution in [0.2, 0.25) is 0 Å². The number of hydrogen-bond acceptors (Lipinski definition) is 1. The van der Waals surface area contributed by atoms with E-state index in [1.807, 2.05) is 6.92 Å². The molecule has 0 aliphatic carbocycles. The van der Waals surface area contributed by atoms with Crippen LogP contribution in [0.5, 0.6) is 0 Å². The van der Waals surface area contributed by atoms with Gasteiger partial charge in [-0.25, -0.2) is 0 Å². The summed E-state index contributed by atoms with van der Waals surface area (Å²) >= 11 is -0.669. The van der Waals surface area contributed by atoms with Crippen LogP contribution >= 0.6 is 0 Å². The molecule has 0 aliphatic heterocycles. The molecule has 0 heterocycles. The summed E-state index contributed by atoms with van der Waals surface area (Å²) in [6.07, 6.45) is -4.37. The number of hydrogen-bond donors (Lipinski definition) is 0. The Bertz CT molecular complexity index is 360. The fourth-order valence-electron chi connectivity index (χ4n) is 1.02. The van der Waals surface area contributed by atoms with Gasteiger partial charge in [0.25, 0.3) is 0 Å². The Morgan fingerprint density at radius 2 is 2.07 bits per heavy atom. The zero-order valence-corrected chi connectivity index (χ0v) is 10.1. The monoisotopic (exact) mass is 329 g/mol. The van der Waals surface area contributed by atoms with Gasteiger partial charge >= 0.3 is 95.9 Å². The number of benzene rings is 1. The molecule has 0 radical (unpaired) electrons. The molecule has 1 aromatic carbocycles. The standard InChI is InChI=1S/C10H9F3IO/c1-2-14-9(15)7-4-3-5-8(6-7)10(11,12)13/h3-6H,2H2,1H3/q-1. The van der Waals surface area contributed by atoms with Crippen LogP contribution in [0.25, 0.3) is 0 Å². The van der Waals surface area contributed by atoms with E-state index >= 15 is 0 Å². The number of halogens is 4. The Hall–Kier alpha value is -0.590. The maximum absolute atomic E-state index is 12.3. The summed E-state index contributed by atoms with van der Waals surface area (Å²) in [6.45, 7) is 1.86. The first-order valence-corrected chi connectivity index (χ1v) is 6.86. The first kappa shape index (κ1) is 12.5. The molecule has 84 valence electrons. The third-order valence-corrected chi connectivity index (χ3v) is 3.75. The van der Waals surface area contributed by atoms with Gasteiger partial charge in [-0.15, -0.1) is 0 Å². The molecule has 0 fully saturated rings. The van der Waals surface area contributed by atoms with Crippen LogP contribution in [0.3, 0.4) is 0 Å². The van der Waals surface area contributed by atoms with Crippen molar-refractivity contribution in [2.45, 2.75) is 13.1 Å². The molecule has 5 heteroatoms. The van der Waals surface area contributed by atoms with Crippen molar-refractivity contribution in [3.63, 3.8) is 0 Å². The molecule has 0 spiro atoms. The summed E-state index contributed by atoms with van der Waals surface area (Å²) in [5.41, 5.74) is -0.576. The van der Waals surface area contributed by atoms with E-state index in [1.54, 1.807) is 0 Å². The molecule has 1 aromatic rings. The Morgan fingerprint density at radius 1 is 1.40 bits per heavy atom. The van der Waals surface area contributed by atoms with E-state index in [1.165, 1.54) is 12.1 Å². The van der Waals surface area contributed by atoms with Gasteiger partial charge < -0.3 is 0 Å². The molecule has 0 atom stereocenters. The van der Waals surface area contributed by atoms with Crippen LogP contribution in [0, 0.1) is 0 Å². The van der Waals surface area contributed by atoms with Crippen molar-refractivity contribution in [2.24, 2.45) is 0 Å². The molecule has 0 unspecified atom stereocenters. The van der Waals surface area contributed by atoms with E-state index in [9.17, 15) is 18.0 Å². The number of rotatable bonds is 3. The van der Waals surface area contributed by atoms with Crippen molar-refractivity contribution >= 4 is 3.79 Å². The molecule has 1 nitrogen and oxygen atoms in total. The van der Waals surface area contributed by atoms with Gasteiger partial charge in [0.2, 0.25) is 0 Å². The van der Waals surface area contributed by atoms with Gasteiger partial charge in [0.1, 0.15) is 0 Å². The molecule has 0 bridgehead atoms. The van der Waals surface area contributed by atoms with Crippen LogP contribution in [0.1, 0.15) is 22.8 Å². The van der Waals surface area contributed by atoms with Gasteiger partial charge in [0, 0.05) is 0 Å². The summed E-state index contributed by atoms with van der Waals surface area (Å²) in [5.74, 6) is 0. The van der Waals surface area contributed by atoms with Crippen molar-refractivity contribution in [3.05, 3.63) is 35.4 Å². The molecule has 0 saturated carbocycles. The average Bonchev–Trinajstić information content (AvgIpc) is 2.17. The summed E-state index contributed by atoms with van der Waals surface area (Å²) in [5, 5.41) is 0. The Morgan fingerprint density at radius 3 is 2.60 bits per heavy atom. The second-order valence-electron chi connectivity index (χ2n) is 2.75. The predicted octanol–water partition coefficient (Wildman–Crippen LogP) is -0.0455. The molecule has 0 aliphatic rings. The third-order valence-electron chi connectivity index (χ3n) is 1.67. The van der Waals surface area contributed by atoms with Gasteiger partial charge in [-0.2, -0.15) is 0 Å². The van der Waals surface area contributed by atoms with E-state index in [2.05, 4.69) is 0 Å². The molecular weight excluding hydrogens is 320 g/mol. The van der Waals surface area contributed by atoms with Crippen molar-refractivity contribution in [1.82, 2.24) is 0 Å².